The van der Waals surface area contributed by atoms with Gasteiger partial charge in [0.05, 0.1) is 22.7 Å². The van der Waals surface area contributed by atoms with Crippen molar-refractivity contribution in [1.82, 2.24) is 0 Å². The molecule has 0 radical (unpaired) electrons. The second kappa shape index (κ2) is 3.75. The summed E-state index contributed by atoms with van der Waals surface area (Å²) in [6.45, 7) is 0.0328. The second-order valence-electron chi connectivity index (χ2n) is 4.33. The van der Waals surface area contributed by atoms with Crippen molar-refractivity contribution in [2.24, 2.45) is 0 Å². The van der Waals surface area contributed by atoms with E-state index in [1.54, 1.807) is 24.3 Å². The SMILES string of the molecule is CS(=O)(=O)c1ccccc1NC1(CO)CC1. The normalized spacial score (nSPS) is 18.1. The number of benzene rings is 1. The van der Waals surface area contributed by atoms with Crippen LogP contribution in [0.25, 0.3) is 0 Å². The van der Waals surface area contributed by atoms with Crippen LogP contribution in [0, 0.1) is 0 Å². The summed E-state index contributed by atoms with van der Waals surface area (Å²) in [5.41, 5.74) is 0.275. The summed E-state index contributed by atoms with van der Waals surface area (Å²) >= 11 is 0. The van der Waals surface area contributed by atoms with Crippen LogP contribution in [0.5, 0.6) is 0 Å². The van der Waals surface area contributed by atoms with Gasteiger partial charge >= 0.3 is 0 Å². The van der Waals surface area contributed by atoms with Crippen molar-refractivity contribution >= 4 is 15.5 Å². The Balaban J connectivity index is 2.34. The molecule has 0 spiro atoms. The van der Waals surface area contributed by atoms with Gasteiger partial charge in [0.15, 0.2) is 9.84 Å². The third-order valence-corrected chi connectivity index (χ3v) is 4.00. The Morgan fingerprint density at radius 1 is 1.38 bits per heavy atom. The highest BCUT2D eigenvalue weighted by Gasteiger charge is 2.42. The fourth-order valence-corrected chi connectivity index (χ4v) is 2.50. The lowest BCUT2D eigenvalue weighted by Crippen LogP contribution is -2.26. The Bertz CT molecular complexity index is 492. The predicted molar refractivity (Wildman–Crippen MR) is 62.2 cm³/mol. The maximum absolute atomic E-state index is 11.5. The van der Waals surface area contributed by atoms with E-state index in [1.165, 1.54) is 6.26 Å². The average molecular weight is 241 g/mol. The van der Waals surface area contributed by atoms with E-state index in [4.69, 9.17) is 0 Å². The second-order valence-corrected chi connectivity index (χ2v) is 6.32. The molecule has 1 aliphatic carbocycles. The van der Waals surface area contributed by atoms with Gasteiger partial charge in [0.1, 0.15) is 0 Å². The largest absolute Gasteiger partial charge is 0.394 e. The Kier molecular flexibility index (Phi) is 2.67. The minimum atomic E-state index is -3.23. The molecule has 1 aromatic carbocycles. The van der Waals surface area contributed by atoms with E-state index >= 15 is 0 Å². The summed E-state index contributed by atoms with van der Waals surface area (Å²) in [5, 5.41) is 12.3. The lowest BCUT2D eigenvalue weighted by Gasteiger charge is -2.18. The molecule has 2 rings (SSSR count). The molecule has 0 aliphatic heterocycles. The molecule has 1 aromatic rings. The summed E-state index contributed by atoms with van der Waals surface area (Å²) in [5.74, 6) is 0. The van der Waals surface area contributed by atoms with Crippen molar-refractivity contribution in [2.75, 3.05) is 18.2 Å². The van der Waals surface area contributed by atoms with E-state index in [9.17, 15) is 13.5 Å². The van der Waals surface area contributed by atoms with Gasteiger partial charge in [0.25, 0.3) is 0 Å². The zero-order chi connectivity index (χ0) is 11.8. The Morgan fingerprint density at radius 3 is 2.50 bits per heavy atom. The van der Waals surface area contributed by atoms with Gasteiger partial charge in [-0.2, -0.15) is 0 Å². The van der Waals surface area contributed by atoms with Crippen LogP contribution in [0.1, 0.15) is 12.8 Å². The minimum absolute atomic E-state index is 0.0328. The zero-order valence-corrected chi connectivity index (χ0v) is 9.92. The number of sulfone groups is 1. The molecule has 2 N–H and O–H groups in total. The molecule has 0 atom stereocenters. The van der Waals surface area contributed by atoms with E-state index in [0.717, 1.165) is 12.8 Å². The van der Waals surface area contributed by atoms with Gasteiger partial charge in [-0.05, 0) is 25.0 Å². The number of hydrogen-bond donors (Lipinski definition) is 2. The summed E-state index contributed by atoms with van der Waals surface area (Å²) < 4.78 is 23.1. The van der Waals surface area contributed by atoms with Crippen LogP contribution in [0.2, 0.25) is 0 Å². The highest BCUT2D eigenvalue weighted by molar-refractivity contribution is 7.90. The minimum Gasteiger partial charge on any atom is -0.394 e. The maximum atomic E-state index is 11.5. The molecule has 88 valence electrons. The molecule has 0 heterocycles. The molecule has 16 heavy (non-hydrogen) atoms. The first-order valence-electron chi connectivity index (χ1n) is 5.15. The van der Waals surface area contributed by atoms with Gasteiger partial charge in [0, 0.05) is 6.26 Å². The molecule has 1 aliphatic rings. The lowest BCUT2D eigenvalue weighted by molar-refractivity contribution is 0.266. The van der Waals surface area contributed by atoms with Crippen LogP contribution in [0.3, 0.4) is 0 Å². The van der Waals surface area contributed by atoms with Crippen molar-refractivity contribution < 1.29 is 13.5 Å². The van der Waals surface area contributed by atoms with E-state index in [1.807, 2.05) is 0 Å². The predicted octanol–water partition coefficient (Wildman–Crippen LogP) is 1.03. The van der Waals surface area contributed by atoms with Crippen molar-refractivity contribution in [1.29, 1.82) is 0 Å². The lowest BCUT2D eigenvalue weighted by atomic mass is 10.2. The van der Waals surface area contributed by atoms with E-state index in [-0.39, 0.29) is 17.0 Å². The smallest absolute Gasteiger partial charge is 0.177 e. The molecule has 0 unspecified atom stereocenters. The van der Waals surface area contributed by atoms with Crippen molar-refractivity contribution in [3.63, 3.8) is 0 Å². The number of nitrogens with one attached hydrogen (secondary N) is 1. The van der Waals surface area contributed by atoms with Crippen LogP contribution < -0.4 is 5.32 Å². The van der Waals surface area contributed by atoms with Crippen LogP contribution in [0.4, 0.5) is 5.69 Å². The number of para-hydroxylation sites is 1. The third-order valence-electron chi connectivity index (χ3n) is 2.84. The molecular weight excluding hydrogens is 226 g/mol. The Labute approximate surface area is 95.2 Å². The first kappa shape index (κ1) is 11.4. The molecule has 0 bridgehead atoms. The summed E-state index contributed by atoms with van der Waals surface area (Å²) in [6, 6.07) is 6.78. The van der Waals surface area contributed by atoms with Crippen LogP contribution in [-0.4, -0.2) is 31.9 Å². The van der Waals surface area contributed by atoms with Crippen molar-refractivity contribution in [3.05, 3.63) is 24.3 Å². The third kappa shape index (κ3) is 2.20. The average Bonchev–Trinajstić information content (AvgIpc) is 2.98. The Hall–Kier alpha value is -1.07. The number of hydrogen-bond acceptors (Lipinski definition) is 4. The summed E-state index contributed by atoms with van der Waals surface area (Å²) in [6.07, 6.45) is 2.94. The Morgan fingerprint density at radius 2 is 2.00 bits per heavy atom. The standard InChI is InChI=1S/C11H15NO3S/c1-16(14,15)10-5-3-2-4-9(10)12-11(8-13)6-7-11/h2-5,12-13H,6-8H2,1H3. The van der Waals surface area contributed by atoms with Gasteiger partial charge in [-0.15, -0.1) is 0 Å². The van der Waals surface area contributed by atoms with Gasteiger partial charge in [-0.1, -0.05) is 12.1 Å². The van der Waals surface area contributed by atoms with E-state index in [2.05, 4.69) is 5.32 Å². The topological polar surface area (TPSA) is 66.4 Å². The molecule has 1 saturated carbocycles. The molecule has 5 heteroatoms. The van der Waals surface area contributed by atoms with Crippen molar-refractivity contribution in [3.8, 4) is 0 Å². The van der Waals surface area contributed by atoms with Crippen molar-refractivity contribution in [2.45, 2.75) is 23.3 Å². The molecule has 0 saturated heterocycles. The fraction of sp³-hybridized carbons (Fsp3) is 0.455. The number of anilines is 1. The molecule has 0 aromatic heterocycles. The zero-order valence-electron chi connectivity index (χ0n) is 9.10. The highest BCUT2D eigenvalue weighted by atomic mass is 32.2. The van der Waals surface area contributed by atoms with Gasteiger partial charge in [-0.25, -0.2) is 8.42 Å². The molecular formula is C11H15NO3S. The van der Waals surface area contributed by atoms with Crippen LogP contribution in [0.15, 0.2) is 29.2 Å². The summed E-state index contributed by atoms with van der Waals surface area (Å²) in [4.78, 5) is 0.287. The maximum Gasteiger partial charge on any atom is 0.177 e. The first-order valence-corrected chi connectivity index (χ1v) is 7.04. The van der Waals surface area contributed by atoms with E-state index in [0.29, 0.717) is 5.69 Å². The first-order chi connectivity index (χ1) is 7.47. The molecule has 4 nitrogen and oxygen atoms in total. The van der Waals surface area contributed by atoms with E-state index < -0.39 is 9.84 Å². The molecule has 0 amide bonds. The monoisotopic (exact) mass is 241 g/mol. The summed E-state index contributed by atoms with van der Waals surface area (Å²) in [7, 11) is -3.23. The number of aliphatic hydroxyl groups excluding tert-OH is 1. The number of rotatable bonds is 4. The van der Waals surface area contributed by atoms with Crippen LogP contribution in [-0.2, 0) is 9.84 Å². The van der Waals surface area contributed by atoms with Crippen LogP contribution >= 0.6 is 0 Å². The van der Waals surface area contributed by atoms with Gasteiger partial charge in [0.2, 0.25) is 0 Å². The quantitative estimate of drug-likeness (QED) is 0.826. The molecule has 1 fully saturated rings. The van der Waals surface area contributed by atoms with Gasteiger partial charge in [-0.3, -0.25) is 0 Å². The number of aliphatic hydroxyl groups is 1. The highest BCUT2D eigenvalue weighted by Crippen LogP contribution is 2.39. The fourth-order valence-electron chi connectivity index (χ4n) is 1.65. The van der Waals surface area contributed by atoms with Gasteiger partial charge < -0.3 is 10.4 Å².